The van der Waals surface area contributed by atoms with Crippen molar-refractivity contribution in [2.24, 2.45) is 22.7 Å². The molecule has 2 rings (SSSR count). The molecule has 2 fully saturated rings. The summed E-state index contributed by atoms with van der Waals surface area (Å²) in [4.78, 5) is 25.8. The maximum Gasteiger partial charge on any atom is 0.225 e. The van der Waals surface area contributed by atoms with Gasteiger partial charge in [0.25, 0.3) is 0 Å². The number of hydrogen-bond donors (Lipinski definition) is 1. The summed E-state index contributed by atoms with van der Waals surface area (Å²) in [6.45, 7) is 11.3. The Hall–Kier alpha value is -1.10. The van der Waals surface area contributed by atoms with Crippen molar-refractivity contribution in [3.05, 3.63) is 0 Å². The molecule has 0 bridgehead atoms. The van der Waals surface area contributed by atoms with Gasteiger partial charge in [-0.05, 0) is 16.7 Å². The van der Waals surface area contributed by atoms with Crippen LogP contribution in [0.5, 0.6) is 0 Å². The maximum atomic E-state index is 12.2. The van der Waals surface area contributed by atoms with Crippen LogP contribution < -0.4 is 5.32 Å². The molecule has 2 amide bonds. The molecule has 5 nitrogen and oxygen atoms in total. The van der Waals surface area contributed by atoms with Crippen LogP contribution in [0.15, 0.2) is 0 Å². The van der Waals surface area contributed by atoms with E-state index in [0.29, 0.717) is 38.6 Å². The molecule has 1 saturated carbocycles. The Labute approximate surface area is 127 Å². The van der Waals surface area contributed by atoms with E-state index in [2.05, 4.69) is 33.0 Å². The van der Waals surface area contributed by atoms with Crippen LogP contribution in [-0.2, 0) is 14.3 Å². The second-order valence-corrected chi connectivity index (χ2v) is 7.47. The number of methoxy groups -OCH3 is 1. The predicted molar refractivity (Wildman–Crippen MR) is 80.6 cm³/mol. The van der Waals surface area contributed by atoms with Gasteiger partial charge in [-0.3, -0.25) is 9.59 Å². The number of amides is 2. The van der Waals surface area contributed by atoms with Gasteiger partial charge in [-0.2, -0.15) is 0 Å². The molecule has 2 aliphatic rings. The van der Waals surface area contributed by atoms with Crippen LogP contribution in [0, 0.1) is 22.7 Å². The fraction of sp³-hybridized carbons (Fsp3) is 0.875. The number of likely N-dealkylation sites (tertiary alicyclic amines) is 1. The number of carbonyl (C=O) groups is 2. The summed E-state index contributed by atoms with van der Waals surface area (Å²) >= 11 is 0. The van der Waals surface area contributed by atoms with Gasteiger partial charge in [0.1, 0.15) is 0 Å². The molecular weight excluding hydrogens is 268 g/mol. The minimum absolute atomic E-state index is 0.0155. The van der Waals surface area contributed by atoms with E-state index in [-0.39, 0.29) is 28.6 Å². The highest BCUT2D eigenvalue weighted by Gasteiger charge is 2.64. The highest BCUT2D eigenvalue weighted by Crippen LogP contribution is 2.67. The third kappa shape index (κ3) is 2.93. The Bertz CT molecular complexity index is 417. The molecule has 0 aromatic heterocycles. The molecule has 5 heteroatoms. The standard InChI is InChI=1S/C16H28N2O3/c1-15(2)12(16(15,3)4)9-17-14(20)11-8-13(19)18(10-11)6-7-21-5/h11-12H,6-10H2,1-5H3,(H,17,20). The van der Waals surface area contributed by atoms with Gasteiger partial charge in [0.15, 0.2) is 0 Å². The smallest absolute Gasteiger partial charge is 0.225 e. The van der Waals surface area contributed by atoms with Crippen LogP contribution in [0.4, 0.5) is 0 Å². The van der Waals surface area contributed by atoms with E-state index in [1.807, 2.05) is 0 Å². The van der Waals surface area contributed by atoms with Crippen LogP contribution in [0.1, 0.15) is 34.1 Å². The van der Waals surface area contributed by atoms with Crippen LogP contribution in [-0.4, -0.2) is 50.1 Å². The molecule has 1 saturated heterocycles. The van der Waals surface area contributed by atoms with Gasteiger partial charge < -0.3 is 15.0 Å². The van der Waals surface area contributed by atoms with Crippen molar-refractivity contribution in [1.29, 1.82) is 0 Å². The molecule has 0 radical (unpaired) electrons. The first-order chi connectivity index (χ1) is 9.71. The van der Waals surface area contributed by atoms with Crippen molar-refractivity contribution >= 4 is 11.8 Å². The molecule has 21 heavy (non-hydrogen) atoms. The number of nitrogens with one attached hydrogen (secondary N) is 1. The van der Waals surface area contributed by atoms with Gasteiger partial charge in [-0.25, -0.2) is 0 Å². The van der Waals surface area contributed by atoms with E-state index >= 15 is 0 Å². The molecular formula is C16H28N2O3. The summed E-state index contributed by atoms with van der Waals surface area (Å²) in [5.41, 5.74) is 0.548. The first-order valence-corrected chi connectivity index (χ1v) is 7.76. The highest BCUT2D eigenvalue weighted by atomic mass is 16.5. The minimum Gasteiger partial charge on any atom is -0.383 e. The third-order valence-electron chi connectivity index (χ3n) is 5.95. The van der Waals surface area contributed by atoms with E-state index < -0.39 is 0 Å². The van der Waals surface area contributed by atoms with E-state index in [4.69, 9.17) is 4.74 Å². The maximum absolute atomic E-state index is 12.2. The zero-order chi connectivity index (χ0) is 15.8. The lowest BCUT2D eigenvalue weighted by Gasteiger charge is -2.16. The second kappa shape index (κ2) is 5.59. The highest BCUT2D eigenvalue weighted by molar-refractivity contribution is 5.89. The predicted octanol–water partition coefficient (Wildman–Crippen LogP) is 1.28. The first-order valence-electron chi connectivity index (χ1n) is 7.76. The monoisotopic (exact) mass is 296 g/mol. The third-order valence-corrected chi connectivity index (χ3v) is 5.95. The fourth-order valence-corrected chi connectivity index (χ4v) is 3.56. The van der Waals surface area contributed by atoms with Crippen LogP contribution in [0.25, 0.3) is 0 Å². The lowest BCUT2D eigenvalue weighted by atomic mass is 10.0. The minimum atomic E-state index is -0.209. The van der Waals surface area contributed by atoms with E-state index in [1.54, 1.807) is 12.0 Å². The number of nitrogens with zero attached hydrogens (tertiary/aromatic N) is 1. The molecule has 120 valence electrons. The average molecular weight is 296 g/mol. The summed E-state index contributed by atoms with van der Waals surface area (Å²) in [6.07, 6.45) is 0.326. The zero-order valence-corrected chi connectivity index (χ0v) is 13.9. The Kier molecular flexibility index (Phi) is 4.34. The average Bonchev–Trinajstić information content (AvgIpc) is 2.70. The molecule has 1 heterocycles. The molecule has 1 unspecified atom stereocenters. The van der Waals surface area contributed by atoms with Gasteiger partial charge in [0, 0.05) is 33.2 Å². The lowest BCUT2D eigenvalue weighted by molar-refractivity contribution is -0.129. The molecule has 0 aromatic rings. The Morgan fingerprint density at radius 3 is 2.48 bits per heavy atom. The largest absolute Gasteiger partial charge is 0.383 e. The van der Waals surface area contributed by atoms with Crippen molar-refractivity contribution in [1.82, 2.24) is 10.2 Å². The fourth-order valence-electron chi connectivity index (χ4n) is 3.56. The zero-order valence-electron chi connectivity index (χ0n) is 13.9. The van der Waals surface area contributed by atoms with E-state index in [0.717, 1.165) is 0 Å². The van der Waals surface area contributed by atoms with Crippen LogP contribution >= 0.6 is 0 Å². The molecule has 1 aliphatic heterocycles. The van der Waals surface area contributed by atoms with Crippen LogP contribution in [0.2, 0.25) is 0 Å². The molecule has 0 aromatic carbocycles. The van der Waals surface area contributed by atoms with E-state index in [9.17, 15) is 9.59 Å². The van der Waals surface area contributed by atoms with Crippen molar-refractivity contribution < 1.29 is 14.3 Å². The first kappa shape index (κ1) is 16.3. The molecule has 1 aliphatic carbocycles. The Morgan fingerprint density at radius 1 is 1.33 bits per heavy atom. The van der Waals surface area contributed by atoms with Crippen molar-refractivity contribution in [2.45, 2.75) is 34.1 Å². The van der Waals surface area contributed by atoms with Gasteiger partial charge in [-0.1, -0.05) is 27.7 Å². The normalized spacial score (nSPS) is 27.0. The van der Waals surface area contributed by atoms with Gasteiger partial charge in [0.05, 0.1) is 12.5 Å². The van der Waals surface area contributed by atoms with Gasteiger partial charge in [-0.15, -0.1) is 0 Å². The number of carbonyl (C=O) groups excluding carboxylic acids is 2. The molecule has 0 spiro atoms. The number of ether oxygens (including phenoxy) is 1. The quantitative estimate of drug-likeness (QED) is 0.803. The van der Waals surface area contributed by atoms with E-state index in [1.165, 1.54) is 0 Å². The topological polar surface area (TPSA) is 58.6 Å². The van der Waals surface area contributed by atoms with Crippen LogP contribution in [0.3, 0.4) is 0 Å². The van der Waals surface area contributed by atoms with Crippen molar-refractivity contribution in [3.8, 4) is 0 Å². The number of hydrogen-bond acceptors (Lipinski definition) is 3. The molecule has 1 atom stereocenters. The summed E-state index contributed by atoms with van der Waals surface area (Å²) in [5.74, 6) is 0.371. The summed E-state index contributed by atoms with van der Waals surface area (Å²) in [6, 6.07) is 0. The Balaban J connectivity index is 1.79. The summed E-state index contributed by atoms with van der Waals surface area (Å²) < 4.78 is 4.99. The summed E-state index contributed by atoms with van der Waals surface area (Å²) in [5, 5.41) is 3.05. The van der Waals surface area contributed by atoms with Crippen molar-refractivity contribution in [2.75, 3.05) is 33.4 Å². The van der Waals surface area contributed by atoms with Gasteiger partial charge >= 0.3 is 0 Å². The Morgan fingerprint density at radius 2 is 1.95 bits per heavy atom. The number of rotatable bonds is 6. The lowest BCUT2D eigenvalue weighted by Crippen LogP contribution is -2.35. The summed E-state index contributed by atoms with van der Waals surface area (Å²) in [7, 11) is 1.61. The second-order valence-electron chi connectivity index (χ2n) is 7.47. The SMILES string of the molecule is COCCN1CC(C(=O)NCC2C(C)(C)C2(C)C)CC1=O. The molecule has 1 N–H and O–H groups in total. The van der Waals surface area contributed by atoms with Gasteiger partial charge in [0.2, 0.25) is 11.8 Å². The van der Waals surface area contributed by atoms with Crippen molar-refractivity contribution in [3.63, 3.8) is 0 Å².